The molecule has 1 unspecified atom stereocenters. The van der Waals surface area contributed by atoms with E-state index in [1.807, 2.05) is 6.07 Å². The number of carbonyl (C=O) groups excluding carboxylic acids is 1. The summed E-state index contributed by atoms with van der Waals surface area (Å²) in [7, 11) is 0. The molecule has 0 bridgehead atoms. The van der Waals surface area contributed by atoms with Crippen molar-refractivity contribution in [2.75, 3.05) is 0 Å². The number of hydrogen-bond donors (Lipinski definition) is 1. The van der Waals surface area contributed by atoms with E-state index in [1.165, 1.54) is 0 Å². The molecule has 3 nitrogen and oxygen atoms in total. The van der Waals surface area contributed by atoms with E-state index in [0.717, 1.165) is 38.2 Å². The minimum atomic E-state index is -1.69. The van der Waals surface area contributed by atoms with E-state index in [4.69, 9.17) is 5.26 Å². The van der Waals surface area contributed by atoms with Crippen LogP contribution in [0.3, 0.4) is 0 Å². The number of rotatable bonds is 3. The van der Waals surface area contributed by atoms with Crippen molar-refractivity contribution in [2.24, 2.45) is 5.92 Å². The lowest BCUT2D eigenvalue weighted by molar-refractivity contribution is 0.0923. The second-order valence-corrected chi connectivity index (χ2v) is 5.20. The molecular formula is C15H15F3N2O. The summed E-state index contributed by atoms with van der Waals surface area (Å²) in [6.07, 6.45) is 4.70. The Morgan fingerprint density at radius 1 is 1.19 bits per heavy atom. The monoisotopic (exact) mass is 296 g/mol. The van der Waals surface area contributed by atoms with E-state index < -0.39 is 35.0 Å². The molecule has 21 heavy (non-hydrogen) atoms. The van der Waals surface area contributed by atoms with Crippen molar-refractivity contribution in [2.45, 2.75) is 38.1 Å². The molecule has 1 aromatic rings. The Morgan fingerprint density at radius 2 is 1.86 bits per heavy atom. The summed E-state index contributed by atoms with van der Waals surface area (Å²) in [5.74, 6) is -5.46. The van der Waals surface area contributed by atoms with Crippen molar-refractivity contribution < 1.29 is 18.0 Å². The minimum Gasteiger partial charge on any atom is -0.336 e. The number of nitrogens with zero attached hydrogens (tertiary/aromatic N) is 1. The topological polar surface area (TPSA) is 52.9 Å². The van der Waals surface area contributed by atoms with Crippen LogP contribution in [0.4, 0.5) is 13.2 Å². The van der Waals surface area contributed by atoms with E-state index in [2.05, 4.69) is 5.32 Å². The lowest BCUT2D eigenvalue weighted by Crippen LogP contribution is -2.40. The van der Waals surface area contributed by atoms with Gasteiger partial charge in [0, 0.05) is 0 Å². The highest BCUT2D eigenvalue weighted by Crippen LogP contribution is 2.26. The predicted octanol–water partition coefficient (Wildman–Crippen LogP) is 3.31. The molecule has 0 spiro atoms. The van der Waals surface area contributed by atoms with Crippen LogP contribution in [0.15, 0.2) is 12.1 Å². The molecular weight excluding hydrogens is 281 g/mol. The van der Waals surface area contributed by atoms with Gasteiger partial charge in [-0.2, -0.15) is 5.26 Å². The van der Waals surface area contributed by atoms with Crippen molar-refractivity contribution >= 4 is 5.91 Å². The average molecular weight is 296 g/mol. The van der Waals surface area contributed by atoms with Crippen LogP contribution in [0.25, 0.3) is 0 Å². The first kappa shape index (κ1) is 15.4. The van der Waals surface area contributed by atoms with Crippen molar-refractivity contribution in [3.05, 3.63) is 35.1 Å². The van der Waals surface area contributed by atoms with Crippen LogP contribution < -0.4 is 5.32 Å². The summed E-state index contributed by atoms with van der Waals surface area (Å²) in [5, 5.41) is 11.6. The van der Waals surface area contributed by atoms with Crippen LogP contribution in [0.1, 0.15) is 42.5 Å². The lowest BCUT2D eigenvalue weighted by atomic mass is 9.84. The maximum atomic E-state index is 13.6. The van der Waals surface area contributed by atoms with Crippen LogP contribution in [0.2, 0.25) is 0 Å². The van der Waals surface area contributed by atoms with Gasteiger partial charge in [-0.25, -0.2) is 13.2 Å². The summed E-state index contributed by atoms with van der Waals surface area (Å²) in [6.45, 7) is 0. The highest BCUT2D eigenvalue weighted by molar-refractivity contribution is 5.94. The van der Waals surface area contributed by atoms with Gasteiger partial charge in [0.1, 0.15) is 6.04 Å². The van der Waals surface area contributed by atoms with Crippen LogP contribution >= 0.6 is 0 Å². The standard InChI is InChI=1S/C15H15F3N2O/c16-11-7-6-10(13(17)14(11)18)15(21)20-12(8-19)9-4-2-1-3-5-9/h6-7,9,12H,1-5H2,(H,20,21). The van der Waals surface area contributed by atoms with Gasteiger partial charge in [-0.3, -0.25) is 4.79 Å². The zero-order valence-electron chi connectivity index (χ0n) is 11.3. The molecule has 1 fully saturated rings. The SMILES string of the molecule is N#CC(NC(=O)c1ccc(F)c(F)c1F)C1CCCCC1. The molecule has 1 aliphatic rings. The smallest absolute Gasteiger partial charge is 0.255 e. The Balaban J connectivity index is 2.13. The Hall–Kier alpha value is -2.03. The van der Waals surface area contributed by atoms with Crippen LogP contribution in [-0.4, -0.2) is 11.9 Å². The highest BCUT2D eigenvalue weighted by Gasteiger charge is 2.27. The van der Waals surface area contributed by atoms with Gasteiger partial charge in [0.25, 0.3) is 5.91 Å². The first-order valence-corrected chi connectivity index (χ1v) is 6.88. The van der Waals surface area contributed by atoms with E-state index in [1.54, 1.807) is 0 Å². The minimum absolute atomic E-state index is 0.0149. The third kappa shape index (κ3) is 3.35. The van der Waals surface area contributed by atoms with Crippen molar-refractivity contribution in [3.8, 4) is 6.07 Å². The van der Waals surface area contributed by atoms with Crippen LogP contribution in [0, 0.1) is 34.7 Å². The molecule has 0 heterocycles. The van der Waals surface area contributed by atoms with Crippen molar-refractivity contribution in [3.63, 3.8) is 0 Å². The number of nitriles is 1. The van der Waals surface area contributed by atoms with Crippen LogP contribution in [0.5, 0.6) is 0 Å². The largest absolute Gasteiger partial charge is 0.336 e. The molecule has 1 amide bonds. The maximum Gasteiger partial charge on any atom is 0.255 e. The Morgan fingerprint density at radius 3 is 2.48 bits per heavy atom. The van der Waals surface area contributed by atoms with Crippen molar-refractivity contribution in [1.82, 2.24) is 5.32 Å². The number of nitrogens with one attached hydrogen (secondary N) is 1. The molecule has 0 radical (unpaired) electrons. The highest BCUT2D eigenvalue weighted by atomic mass is 19.2. The molecule has 1 aromatic carbocycles. The van der Waals surface area contributed by atoms with E-state index in [-0.39, 0.29) is 5.92 Å². The molecule has 1 atom stereocenters. The number of halogens is 3. The number of amides is 1. The molecule has 0 saturated heterocycles. The average Bonchev–Trinajstić information content (AvgIpc) is 2.51. The number of carbonyl (C=O) groups is 1. The zero-order chi connectivity index (χ0) is 15.4. The van der Waals surface area contributed by atoms with Gasteiger partial charge >= 0.3 is 0 Å². The summed E-state index contributed by atoms with van der Waals surface area (Å²) in [4.78, 5) is 11.9. The van der Waals surface area contributed by atoms with E-state index in [9.17, 15) is 18.0 Å². The van der Waals surface area contributed by atoms with Gasteiger partial charge < -0.3 is 5.32 Å². The first-order chi connectivity index (χ1) is 10.0. The fourth-order valence-electron chi connectivity index (χ4n) is 2.64. The van der Waals surface area contributed by atoms with E-state index >= 15 is 0 Å². The van der Waals surface area contributed by atoms with Gasteiger partial charge in [-0.1, -0.05) is 19.3 Å². The predicted molar refractivity (Wildman–Crippen MR) is 69.8 cm³/mol. The third-order valence-electron chi connectivity index (χ3n) is 3.83. The lowest BCUT2D eigenvalue weighted by Gasteiger charge is -2.26. The quantitative estimate of drug-likeness (QED) is 0.870. The zero-order valence-corrected chi connectivity index (χ0v) is 11.3. The molecule has 6 heteroatoms. The maximum absolute atomic E-state index is 13.6. The summed E-state index contributed by atoms with van der Waals surface area (Å²) in [6, 6.07) is 2.81. The number of benzene rings is 1. The second kappa shape index (κ2) is 6.61. The van der Waals surface area contributed by atoms with E-state index in [0.29, 0.717) is 6.07 Å². The van der Waals surface area contributed by atoms with Gasteiger partial charge in [-0.15, -0.1) is 0 Å². The third-order valence-corrected chi connectivity index (χ3v) is 3.83. The van der Waals surface area contributed by atoms with Gasteiger partial charge in [-0.05, 0) is 30.9 Å². The fraction of sp³-hybridized carbons (Fsp3) is 0.467. The molecule has 0 aliphatic heterocycles. The summed E-state index contributed by atoms with van der Waals surface area (Å²) in [5.41, 5.74) is -0.593. The normalized spacial score (nSPS) is 17.0. The molecule has 0 aromatic heterocycles. The second-order valence-electron chi connectivity index (χ2n) is 5.20. The summed E-state index contributed by atoms with van der Waals surface area (Å²) >= 11 is 0. The van der Waals surface area contributed by atoms with Crippen LogP contribution in [-0.2, 0) is 0 Å². The van der Waals surface area contributed by atoms with Crippen molar-refractivity contribution in [1.29, 1.82) is 5.26 Å². The Kier molecular flexibility index (Phi) is 4.84. The first-order valence-electron chi connectivity index (χ1n) is 6.88. The Bertz CT molecular complexity index is 577. The Labute approximate surface area is 120 Å². The molecule has 1 saturated carbocycles. The number of hydrogen-bond acceptors (Lipinski definition) is 2. The molecule has 1 aliphatic carbocycles. The molecule has 1 N–H and O–H groups in total. The fourth-order valence-corrected chi connectivity index (χ4v) is 2.64. The van der Waals surface area contributed by atoms with Gasteiger partial charge in [0.05, 0.1) is 11.6 Å². The molecule has 2 rings (SSSR count). The summed E-state index contributed by atoms with van der Waals surface area (Å²) < 4.78 is 39.5. The van der Waals surface area contributed by atoms with Gasteiger partial charge in [0.2, 0.25) is 0 Å². The van der Waals surface area contributed by atoms with Gasteiger partial charge in [0.15, 0.2) is 17.5 Å². The molecule has 112 valence electrons.